The summed E-state index contributed by atoms with van der Waals surface area (Å²) < 4.78 is 5.88. The number of hydrogen-bond donors (Lipinski definition) is 3. The van der Waals surface area contributed by atoms with Crippen LogP contribution in [0.4, 0.5) is 0 Å². The SMILES string of the molecule is Cc1ccc(O[C@H]2SC[C@@H](O)[C@H](O)[C@H]2O)c(-c2cccnc2)n1. The molecule has 0 radical (unpaired) electrons. The molecule has 1 aliphatic heterocycles. The Bertz CT molecular complexity index is 670. The van der Waals surface area contributed by atoms with E-state index in [0.717, 1.165) is 11.3 Å². The van der Waals surface area contributed by atoms with E-state index in [4.69, 9.17) is 4.74 Å². The van der Waals surface area contributed by atoms with Gasteiger partial charge in [0.15, 0.2) is 5.44 Å². The van der Waals surface area contributed by atoms with Gasteiger partial charge in [-0.15, -0.1) is 11.8 Å². The van der Waals surface area contributed by atoms with Gasteiger partial charge in [0.25, 0.3) is 0 Å². The van der Waals surface area contributed by atoms with Gasteiger partial charge in [-0.25, -0.2) is 4.98 Å². The number of aromatic nitrogens is 2. The molecular weight excluding hydrogens is 316 g/mol. The highest BCUT2D eigenvalue weighted by atomic mass is 32.2. The van der Waals surface area contributed by atoms with Crippen molar-refractivity contribution in [2.24, 2.45) is 0 Å². The van der Waals surface area contributed by atoms with Crippen molar-refractivity contribution in [1.82, 2.24) is 9.97 Å². The second kappa shape index (κ2) is 6.84. The number of rotatable bonds is 3. The Labute approximate surface area is 138 Å². The maximum absolute atomic E-state index is 10.1. The minimum absolute atomic E-state index is 0.296. The molecule has 0 saturated carbocycles. The summed E-state index contributed by atoms with van der Waals surface area (Å²) in [5, 5.41) is 29.5. The van der Waals surface area contributed by atoms with Crippen molar-refractivity contribution >= 4 is 11.8 Å². The Kier molecular flexibility index (Phi) is 4.82. The first-order chi connectivity index (χ1) is 11.1. The molecule has 1 aliphatic rings. The van der Waals surface area contributed by atoms with Crippen LogP contribution in [0.3, 0.4) is 0 Å². The smallest absolute Gasteiger partial charge is 0.173 e. The molecule has 0 aromatic carbocycles. The molecule has 0 spiro atoms. The summed E-state index contributed by atoms with van der Waals surface area (Å²) in [7, 11) is 0. The Morgan fingerprint density at radius 3 is 2.74 bits per heavy atom. The number of thioether (sulfide) groups is 1. The number of pyridine rings is 2. The van der Waals surface area contributed by atoms with Crippen molar-refractivity contribution in [2.45, 2.75) is 30.7 Å². The van der Waals surface area contributed by atoms with E-state index in [2.05, 4.69) is 9.97 Å². The fourth-order valence-electron chi connectivity index (χ4n) is 2.36. The quantitative estimate of drug-likeness (QED) is 0.770. The minimum atomic E-state index is -1.22. The van der Waals surface area contributed by atoms with Crippen molar-refractivity contribution in [3.63, 3.8) is 0 Å². The third-order valence-electron chi connectivity index (χ3n) is 3.63. The van der Waals surface area contributed by atoms with E-state index in [-0.39, 0.29) is 0 Å². The lowest BCUT2D eigenvalue weighted by atomic mass is 10.1. The first-order valence-electron chi connectivity index (χ1n) is 7.27. The van der Waals surface area contributed by atoms with Crippen LogP contribution in [0.25, 0.3) is 11.3 Å². The van der Waals surface area contributed by atoms with Gasteiger partial charge in [0.2, 0.25) is 0 Å². The second-order valence-corrected chi connectivity index (χ2v) is 6.54. The van der Waals surface area contributed by atoms with E-state index in [1.54, 1.807) is 18.5 Å². The van der Waals surface area contributed by atoms with Gasteiger partial charge >= 0.3 is 0 Å². The molecule has 6 nitrogen and oxygen atoms in total. The lowest BCUT2D eigenvalue weighted by molar-refractivity contribution is -0.0785. The molecule has 1 fully saturated rings. The highest BCUT2D eigenvalue weighted by Gasteiger charge is 2.38. The van der Waals surface area contributed by atoms with Crippen molar-refractivity contribution < 1.29 is 20.1 Å². The van der Waals surface area contributed by atoms with Gasteiger partial charge in [0.05, 0.1) is 6.10 Å². The van der Waals surface area contributed by atoms with Crippen LogP contribution >= 0.6 is 11.8 Å². The molecule has 0 unspecified atom stereocenters. The van der Waals surface area contributed by atoms with E-state index in [1.165, 1.54) is 11.8 Å². The molecular formula is C16H18N2O4S. The lowest BCUT2D eigenvalue weighted by Crippen LogP contribution is -2.50. The van der Waals surface area contributed by atoms with Crippen molar-refractivity contribution in [1.29, 1.82) is 0 Å². The number of aliphatic hydroxyl groups is 3. The first kappa shape index (κ1) is 16.2. The van der Waals surface area contributed by atoms with E-state index < -0.39 is 23.7 Å². The fourth-order valence-corrected chi connectivity index (χ4v) is 3.47. The van der Waals surface area contributed by atoms with Crippen LogP contribution < -0.4 is 4.74 Å². The predicted octanol–water partition coefficient (Wildman–Crippen LogP) is 0.986. The zero-order valence-corrected chi connectivity index (χ0v) is 13.3. The van der Waals surface area contributed by atoms with Crippen LogP contribution in [-0.2, 0) is 0 Å². The van der Waals surface area contributed by atoms with E-state index in [1.807, 2.05) is 25.1 Å². The molecule has 3 heterocycles. The van der Waals surface area contributed by atoms with Gasteiger partial charge in [-0.05, 0) is 31.2 Å². The van der Waals surface area contributed by atoms with Gasteiger partial charge in [-0.1, -0.05) is 0 Å². The molecule has 7 heteroatoms. The Balaban J connectivity index is 1.89. The highest BCUT2D eigenvalue weighted by molar-refractivity contribution is 7.99. The Morgan fingerprint density at radius 2 is 2.00 bits per heavy atom. The van der Waals surface area contributed by atoms with Crippen LogP contribution in [0.2, 0.25) is 0 Å². The lowest BCUT2D eigenvalue weighted by Gasteiger charge is -2.34. The summed E-state index contributed by atoms with van der Waals surface area (Å²) >= 11 is 1.26. The summed E-state index contributed by atoms with van der Waals surface area (Å²) in [5.74, 6) is 0.800. The van der Waals surface area contributed by atoms with Gasteiger partial charge < -0.3 is 20.1 Å². The number of aryl methyl sites for hydroxylation is 1. The van der Waals surface area contributed by atoms with E-state index in [0.29, 0.717) is 17.2 Å². The number of hydrogen-bond acceptors (Lipinski definition) is 7. The average Bonchev–Trinajstić information content (AvgIpc) is 2.57. The van der Waals surface area contributed by atoms with Gasteiger partial charge in [0.1, 0.15) is 23.7 Å². The van der Waals surface area contributed by atoms with Crippen molar-refractivity contribution in [3.05, 3.63) is 42.4 Å². The van der Waals surface area contributed by atoms with Crippen LogP contribution in [0.15, 0.2) is 36.7 Å². The van der Waals surface area contributed by atoms with Crippen LogP contribution in [0.5, 0.6) is 5.75 Å². The molecule has 3 N–H and O–H groups in total. The molecule has 0 amide bonds. The largest absolute Gasteiger partial charge is 0.475 e. The third kappa shape index (κ3) is 3.48. The van der Waals surface area contributed by atoms with Crippen LogP contribution in [-0.4, -0.2) is 54.8 Å². The molecule has 1 saturated heterocycles. The highest BCUT2D eigenvalue weighted by Crippen LogP contribution is 2.33. The molecule has 3 rings (SSSR count). The molecule has 2 aromatic rings. The normalized spacial score (nSPS) is 27.7. The molecule has 4 atom stereocenters. The van der Waals surface area contributed by atoms with E-state index >= 15 is 0 Å². The third-order valence-corrected chi connectivity index (χ3v) is 4.87. The zero-order valence-electron chi connectivity index (χ0n) is 12.5. The van der Waals surface area contributed by atoms with E-state index in [9.17, 15) is 15.3 Å². The zero-order chi connectivity index (χ0) is 16.4. The monoisotopic (exact) mass is 334 g/mol. The summed E-state index contributed by atoms with van der Waals surface area (Å²) in [5.41, 5.74) is 1.60. The Hall–Kier alpha value is -1.67. The van der Waals surface area contributed by atoms with Gasteiger partial charge in [0, 0.05) is 29.4 Å². The maximum Gasteiger partial charge on any atom is 0.173 e. The topological polar surface area (TPSA) is 95.7 Å². The van der Waals surface area contributed by atoms with Gasteiger partial charge in [-0.3, -0.25) is 4.98 Å². The molecule has 122 valence electrons. The fraction of sp³-hybridized carbons (Fsp3) is 0.375. The summed E-state index contributed by atoms with van der Waals surface area (Å²) in [4.78, 5) is 8.59. The minimum Gasteiger partial charge on any atom is -0.475 e. The van der Waals surface area contributed by atoms with Gasteiger partial charge in [-0.2, -0.15) is 0 Å². The molecule has 23 heavy (non-hydrogen) atoms. The molecule has 2 aromatic heterocycles. The summed E-state index contributed by atoms with van der Waals surface area (Å²) in [6, 6.07) is 7.30. The summed E-state index contributed by atoms with van der Waals surface area (Å²) in [6.07, 6.45) is 0.0211. The average molecular weight is 334 g/mol. The number of aliphatic hydroxyl groups excluding tert-OH is 3. The predicted molar refractivity (Wildman–Crippen MR) is 87.1 cm³/mol. The number of ether oxygens (including phenoxy) is 1. The van der Waals surface area contributed by atoms with Crippen LogP contribution in [0, 0.1) is 6.92 Å². The molecule has 0 bridgehead atoms. The van der Waals surface area contributed by atoms with Crippen molar-refractivity contribution in [3.8, 4) is 17.0 Å². The van der Waals surface area contributed by atoms with Crippen LogP contribution in [0.1, 0.15) is 5.69 Å². The molecule has 0 aliphatic carbocycles. The maximum atomic E-state index is 10.1. The first-order valence-corrected chi connectivity index (χ1v) is 8.31. The number of nitrogens with zero attached hydrogens (tertiary/aromatic N) is 2. The Morgan fingerprint density at radius 1 is 1.17 bits per heavy atom. The summed E-state index contributed by atoms with van der Waals surface area (Å²) in [6.45, 7) is 1.88. The van der Waals surface area contributed by atoms with Crippen molar-refractivity contribution in [2.75, 3.05) is 5.75 Å². The second-order valence-electron chi connectivity index (χ2n) is 5.41. The standard InChI is InChI=1S/C16H18N2O4S/c1-9-4-5-12(13(18-9)10-3-2-6-17-7-10)22-16-15(21)14(20)11(19)8-23-16/h2-7,11,14-16,19-21H,8H2,1H3/t11-,14+,15-,16+/m1/s1.